The highest BCUT2D eigenvalue weighted by Gasteiger charge is 2.26. The summed E-state index contributed by atoms with van der Waals surface area (Å²) in [5.41, 5.74) is 3.58. The Bertz CT molecular complexity index is 935. The van der Waals surface area contributed by atoms with Crippen molar-refractivity contribution in [3.63, 3.8) is 0 Å². The zero-order chi connectivity index (χ0) is 17.9. The van der Waals surface area contributed by atoms with Crippen LogP contribution in [0.1, 0.15) is 21.6 Å². The highest BCUT2D eigenvalue weighted by atomic mass is 32.1. The number of ether oxygens (including phenoxy) is 1. The molecule has 1 aliphatic heterocycles. The predicted octanol–water partition coefficient (Wildman–Crippen LogP) is 4.23. The van der Waals surface area contributed by atoms with Gasteiger partial charge in [0.25, 0.3) is 0 Å². The van der Waals surface area contributed by atoms with Gasteiger partial charge in [-0.25, -0.2) is 4.98 Å². The van der Waals surface area contributed by atoms with Crippen LogP contribution in [0.2, 0.25) is 0 Å². The number of amides is 1. The average molecular weight is 364 g/mol. The average Bonchev–Trinajstić information content (AvgIpc) is 3.08. The highest BCUT2D eigenvalue weighted by molar-refractivity contribution is 7.15. The van der Waals surface area contributed by atoms with Crippen LogP contribution in [0.3, 0.4) is 0 Å². The largest absolute Gasteiger partial charge is 0.492 e. The zero-order valence-corrected chi connectivity index (χ0v) is 15.4. The van der Waals surface area contributed by atoms with E-state index in [1.807, 2.05) is 30.5 Å². The molecular formula is C21H20N2O2S. The second kappa shape index (κ2) is 7.30. The number of carbonyl (C=O) groups is 1. The van der Waals surface area contributed by atoms with Gasteiger partial charge in [0.15, 0.2) is 5.13 Å². The van der Waals surface area contributed by atoms with Gasteiger partial charge in [0, 0.05) is 17.5 Å². The first-order valence-corrected chi connectivity index (χ1v) is 9.51. The van der Waals surface area contributed by atoms with Crippen LogP contribution in [0.5, 0.6) is 5.75 Å². The number of benzene rings is 2. The van der Waals surface area contributed by atoms with Gasteiger partial charge in [-0.15, -0.1) is 11.3 Å². The van der Waals surface area contributed by atoms with Crippen molar-refractivity contribution in [1.82, 2.24) is 4.98 Å². The Morgan fingerprint density at radius 1 is 1.27 bits per heavy atom. The number of aryl methyl sites for hydroxylation is 1. The molecule has 1 unspecified atom stereocenters. The number of thiazole rings is 1. The summed E-state index contributed by atoms with van der Waals surface area (Å²) in [5, 5.41) is 3.60. The molecule has 0 bridgehead atoms. The lowest BCUT2D eigenvalue weighted by Crippen LogP contribution is -2.32. The standard InChI is InChI=1S/C21H20N2O2S/c1-14-5-4-6-15(9-14)10-18-12-22-21(26-18)23-20(24)17-11-16-7-2-3-8-19(16)25-13-17/h2-9,12,17H,10-11,13H2,1H3,(H,22,23,24). The Morgan fingerprint density at radius 3 is 3.04 bits per heavy atom. The number of hydrogen-bond acceptors (Lipinski definition) is 4. The molecule has 0 saturated heterocycles. The van der Waals surface area contributed by atoms with Crippen LogP contribution in [0.25, 0.3) is 0 Å². The van der Waals surface area contributed by atoms with Crippen molar-refractivity contribution in [2.75, 3.05) is 11.9 Å². The summed E-state index contributed by atoms with van der Waals surface area (Å²) < 4.78 is 5.71. The molecule has 0 aliphatic carbocycles. The van der Waals surface area contributed by atoms with Crippen molar-refractivity contribution < 1.29 is 9.53 Å². The van der Waals surface area contributed by atoms with Crippen LogP contribution >= 0.6 is 11.3 Å². The molecule has 0 radical (unpaired) electrons. The summed E-state index contributed by atoms with van der Waals surface area (Å²) in [7, 11) is 0. The molecule has 4 nitrogen and oxygen atoms in total. The third-order valence-electron chi connectivity index (χ3n) is 4.49. The molecule has 0 spiro atoms. The first kappa shape index (κ1) is 16.8. The molecule has 4 rings (SSSR count). The minimum atomic E-state index is -0.186. The SMILES string of the molecule is Cc1cccc(Cc2cnc(NC(=O)C3COc4ccccc4C3)s2)c1. The second-order valence-corrected chi connectivity index (χ2v) is 7.72. The van der Waals surface area contributed by atoms with Crippen LogP contribution in [0.15, 0.2) is 54.7 Å². The summed E-state index contributed by atoms with van der Waals surface area (Å²) in [6.45, 7) is 2.50. The van der Waals surface area contributed by atoms with E-state index in [1.165, 1.54) is 22.5 Å². The third kappa shape index (κ3) is 3.78. The van der Waals surface area contributed by atoms with E-state index < -0.39 is 0 Å². The third-order valence-corrected chi connectivity index (χ3v) is 5.41. The van der Waals surface area contributed by atoms with Gasteiger partial charge in [-0.2, -0.15) is 0 Å². The van der Waals surface area contributed by atoms with Gasteiger partial charge in [-0.3, -0.25) is 4.79 Å². The number of fused-ring (bicyclic) bond motifs is 1. The van der Waals surface area contributed by atoms with E-state index in [0.717, 1.165) is 22.6 Å². The smallest absolute Gasteiger partial charge is 0.233 e. The minimum absolute atomic E-state index is 0.0315. The first-order valence-electron chi connectivity index (χ1n) is 8.69. The summed E-state index contributed by atoms with van der Waals surface area (Å²) in [6, 6.07) is 16.3. The molecule has 1 amide bonds. The number of nitrogens with zero attached hydrogens (tertiary/aromatic N) is 1. The van der Waals surface area contributed by atoms with Crippen LogP contribution in [0.4, 0.5) is 5.13 Å². The molecule has 0 fully saturated rings. The van der Waals surface area contributed by atoms with Gasteiger partial charge >= 0.3 is 0 Å². The minimum Gasteiger partial charge on any atom is -0.492 e. The number of rotatable bonds is 4. The molecule has 1 aliphatic rings. The Kier molecular flexibility index (Phi) is 4.71. The molecular weight excluding hydrogens is 344 g/mol. The molecule has 5 heteroatoms. The number of nitrogens with one attached hydrogen (secondary N) is 1. The molecule has 1 atom stereocenters. The fourth-order valence-corrected chi connectivity index (χ4v) is 4.02. The van der Waals surface area contributed by atoms with Crippen molar-refractivity contribution in [3.05, 3.63) is 76.3 Å². The van der Waals surface area contributed by atoms with Crippen molar-refractivity contribution in [3.8, 4) is 5.75 Å². The first-order chi connectivity index (χ1) is 12.7. The van der Waals surface area contributed by atoms with Gasteiger partial charge in [-0.05, 0) is 30.5 Å². The zero-order valence-electron chi connectivity index (χ0n) is 14.6. The molecule has 0 saturated carbocycles. The van der Waals surface area contributed by atoms with Crippen LogP contribution < -0.4 is 10.1 Å². The van der Waals surface area contributed by atoms with Gasteiger partial charge < -0.3 is 10.1 Å². The fourth-order valence-electron chi connectivity index (χ4n) is 3.17. The van der Waals surface area contributed by atoms with E-state index >= 15 is 0 Å². The quantitative estimate of drug-likeness (QED) is 0.754. The molecule has 3 aromatic rings. The maximum atomic E-state index is 12.6. The van der Waals surface area contributed by atoms with E-state index in [0.29, 0.717) is 18.2 Å². The summed E-state index contributed by atoms with van der Waals surface area (Å²) in [5.74, 6) is 0.663. The predicted molar refractivity (Wildman–Crippen MR) is 104 cm³/mol. The summed E-state index contributed by atoms with van der Waals surface area (Å²) >= 11 is 1.53. The van der Waals surface area contributed by atoms with Gasteiger partial charge in [0.2, 0.25) is 5.91 Å². The second-order valence-electron chi connectivity index (χ2n) is 6.61. The van der Waals surface area contributed by atoms with E-state index in [9.17, 15) is 4.79 Å². The Hall–Kier alpha value is -2.66. The van der Waals surface area contributed by atoms with E-state index in [4.69, 9.17) is 4.74 Å². The molecule has 1 aromatic heterocycles. The van der Waals surface area contributed by atoms with Gasteiger partial charge in [0.05, 0.1) is 5.92 Å². The number of carbonyl (C=O) groups excluding carboxylic acids is 1. The van der Waals surface area contributed by atoms with Crippen LogP contribution in [0, 0.1) is 12.8 Å². The van der Waals surface area contributed by atoms with Gasteiger partial charge in [0.1, 0.15) is 12.4 Å². The van der Waals surface area contributed by atoms with Gasteiger partial charge in [-0.1, -0.05) is 48.0 Å². The number of aromatic nitrogens is 1. The summed E-state index contributed by atoms with van der Waals surface area (Å²) in [4.78, 5) is 18.1. The monoisotopic (exact) mass is 364 g/mol. The van der Waals surface area contributed by atoms with Crippen molar-refractivity contribution >= 4 is 22.4 Å². The van der Waals surface area contributed by atoms with E-state index in [2.05, 4.69) is 41.5 Å². The van der Waals surface area contributed by atoms with Crippen molar-refractivity contribution in [1.29, 1.82) is 0 Å². The number of para-hydroxylation sites is 1. The number of hydrogen-bond donors (Lipinski definition) is 1. The topological polar surface area (TPSA) is 51.2 Å². The maximum Gasteiger partial charge on any atom is 0.233 e. The molecule has 26 heavy (non-hydrogen) atoms. The van der Waals surface area contributed by atoms with Crippen LogP contribution in [-0.4, -0.2) is 17.5 Å². The van der Waals surface area contributed by atoms with Crippen LogP contribution in [-0.2, 0) is 17.6 Å². The van der Waals surface area contributed by atoms with Crippen molar-refractivity contribution in [2.24, 2.45) is 5.92 Å². The fraction of sp³-hybridized carbons (Fsp3) is 0.238. The highest BCUT2D eigenvalue weighted by Crippen LogP contribution is 2.28. The normalized spacial score (nSPS) is 15.8. The lowest BCUT2D eigenvalue weighted by atomic mass is 9.96. The van der Waals surface area contributed by atoms with E-state index in [1.54, 1.807) is 0 Å². The summed E-state index contributed by atoms with van der Waals surface area (Å²) in [6.07, 6.45) is 3.37. The Labute approximate surface area is 156 Å². The maximum absolute atomic E-state index is 12.6. The molecule has 2 aromatic carbocycles. The van der Waals surface area contributed by atoms with E-state index in [-0.39, 0.29) is 11.8 Å². The Morgan fingerprint density at radius 2 is 2.15 bits per heavy atom. The number of anilines is 1. The Balaban J connectivity index is 1.39. The van der Waals surface area contributed by atoms with Crippen molar-refractivity contribution in [2.45, 2.75) is 19.8 Å². The lowest BCUT2D eigenvalue weighted by molar-refractivity contribution is -0.121. The molecule has 2 heterocycles. The lowest BCUT2D eigenvalue weighted by Gasteiger charge is -2.24. The molecule has 1 N–H and O–H groups in total. The molecule has 132 valence electrons.